The van der Waals surface area contributed by atoms with Gasteiger partial charge in [-0.25, -0.2) is 71.6 Å². The van der Waals surface area contributed by atoms with Crippen LogP contribution in [0.2, 0.25) is 0 Å². The fourth-order valence-electron chi connectivity index (χ4n) is 5.96. The molecule has 0 aliphatic carbocycles. The molecule has 0 aromatic carbocycles. The minimum absolute atomic E-state index is 0. The van der Waals surface area contributed by atoms with Crippen LogP contribution in [0.3, 0.4) is 0 Å². The van der Waals surface area contributed by atoms with Gasteiger partial charge in [0.05, 0.1) is 60.5 Å². The van der Waals surface area contributed by atoms with Crippen LogP contribution in [0.15, 0.2) is 0 Å². The maximum atomic E-state index is 12.0. The van der Waals surface area contributed by atoms with Gasteiger partial charge in [0, 0.05) is 14.2 Å². The molecule has 2 aliphatic heterocycles. The summed E-state index contributed by atoms with van der Waals surface area (Å²) in [5, 5.41) is 0. The molecule has 3 unspecified atom stereocenters. The number of hydrogen-bond donors (Lipinski definition) is 0. The summed E-state index contributed by atoms with van der Waals surface area (Å²) in [5.74, 6) is 0. The summed E-state index contributed by atoms with van der Waals surface area (Å²) in [4.78, 5) is 0. The van der Waals surface area contributed by atoms with E-state index in [0.717, 1.165) is 0 Å². The monoisotopic (exact) mass is 1720 g/mol. The van der Waals surface area contributed by atoms with Crippen molar-refractivity contribution in [3.8, 4) is 0 Å². The summed E-state index contributed by atoms with van der Waals surface area (Å²) in [6.45, 7) is -7.31. The quantitative estimate of drug-likeness (QED) is 0.0255. The van der Waals surface area contributed by atoms with Crippen molar-refractivity contribution >= 4 is 107 Å². The Bertz CT molecular complexity index is 2740. The average molecular weight is 1720 g/mol. The van der Waals surface area contributed by atoms with E-state index in [1.807, 2.05) is 0 Å². The number of rotatable bonds is 33. The van der Waals surface area contributed by atoms with Crippen LogP contribution in [0.5, 0.6) is 0 Å². The van der Waals surface area contributed by atoms with Crippen molar-refractivity contribution in [3.63, 3.8) is 0 Å². The van der Waals surface area contributed by atoms with Gasteiger partial charge in [-0.05, 0) is 0 Å². The molecule has 0 aromatic heterocycles. The smallest absolute Gasteiger partial charge is 0.870 e. The van der Waals surface area contributed by atoms with Gasteiger partial charge in [0.2, 0.25) is 72.8 Å². The van der Waals surface area contributed by atoms with Gasteiger partial charge in [0.15, 0.2) is 24.8 Å². The molecule has 2 fully saturated rings. The second kappa shape index (κ2) is 60.1. The zero-order valence-corrected chi connectivity index (χ0v) is 85.3. The fraction of sp³-hybridized carbons (Fsp3) is 1.00. The molecule has 0 saturated carbocycles. The van der Waals surface area contributed by atoms with Crippen molar-refractivity contribution in [2.24, 2.45) is 0 Å². The molecule has 0 bridgehead atoms. The van der Waals surface area contributed by atoms with E-state index >= 15 is 0 Å². The Balaban J connectivity index is -0.000000421. The summed E-state index contributed by atoms with van der Waals surface area (Å²) < 4.78 is 386. The standard InChI is InChI=1S/C20H38O43S10.10K.3H2O/c1-48-11(9(56-64(21)22)3-50-19-17(62-72(42,43)44)15(58-66(25)26)13(57-65(23)24)7(54-19)5-52-67(27,28)29)12(49-2)10(59-69(33,34)35)4-51-20-18(63-73(45,46)47)16(61-71(39,40)41)14(60-70(36,37)38)8(55-20)6-53-68(30,31)32;;;;;;;;;;;;;/h7-20H,3-6H2,1-2H3,(H,21,22)(H,23,24)(H,25,26)(H,27,28,29)(H,30,31,32)(H,33,34,35)(H,36,37,38)(H,39,40,41)(H,42,43,44)(H,45,46,47);;;;;;;;;;;3*1H2/q;10*+1;;;/p-13/t7-,8-,9-,10-,11-,12-,13-,14-,15+,16+,17-,18-,19-,20-;;;;;;;;;;;;;/m1............./s1. The van der Waals surface area contributed by atoms with E-state index in [-0.39, 0.29) is 530 Å². The molecule has 2 rings (SSSR count). The van der Waals surface area contributed by atoms with Gasteiger partial charge >= 0.3 is 514 Å². The van der Waals surface area contributed by atoms with Crippen molar-refractivity contribution in [1.29, 1.82) is 0 Å². The number of hydrogen-bond acceptors (Lipinski definition) is 46. The first-order chi connectivity index (χ1) is 32.9. The van der Waals surface area contributed by atoms with E-state index in [0.29, 0.717) is 14.2 Å². The summed E-state index contributed by atoms with van der Waals surface area (Å²) >= 11 is -11.7. The Labute approximate surface area is 924 Å². The van der Waals surface area contributed by atoms with E-state index in [1.54, 1.807) is 0 Å². The molecule has 17 atom stereocenters. The van der Waals surface area contributed by atoms with Gasteiger partial charge in [-0.3, -0.25) is 41.8 Å². The molecular weight excluding hydrogens is 1690 g/mol. The predicted octanol–water partition coefficient (Wildman–Crippen LogP) is -41.3. The normalized spacial score (nSPS) is 24.7. The number of methoxy groups -OCH3 is 2. The first-order valence-corrected chi connectivity index (χ1v) is 29.5. The van der Waals surface area contributed by atoms with Crippen LogP contribution < -0.4 is 514 Å². The van der Waals surface area contributed by atoms with Crippen molar-refractivity contribution < 1.29 is 718 Å². The minimum Gasteiger partial charge on any atom is -0.870 e. The van der Waals surface area contributed by atoms with Gasteiger partial charge < -0.3 is 90.4 Å². The summed E-state index contributed by atoms with van der Waals surface area (Å²) in [5.41, 5.74) is 0. The molecular formula is C20H31K10O46S10-3. The van der Waals surface area contributed by atoms with Gasteiger partial charge in [-0.1, -0.05) is 0 Å². The van der Waals surface area contributed by atoms with Crippen LogP contribution in [0, 0.1) is 0 Å². The molecule has 2 heterocycles. The Morgan fingerprint density at radius 2 is 0.686 bits per heavy atom. The Kier molecular flexibility index (Phi) is 89.3. The first kappa shape index (κ1) is 128. The average Bonchev–Trinajstić information content (AvgIpc) is 3.16. The third-order valence-corrected chi connectivity index (χ3v) is 12.5. The van der Waals surface area contributed by atoms with Crippen LogP contribution in [-0.4, -0.2) is 260 Å². The SMILES string of the molecule is CO[C@@H]([C@H](OC)[C@@H](CO[C@@H]1O[C@H](COS(=O)(=O)[O-])[C@@H](OS(=O)(=O)[O-])[C@H](OS(=O)(=O)[O-])[C@H]1OS(=O)(=O)[O-])OS(=O)(=O)[O-])[C@@H](CO[C@@H]1O[C@H](COS(=O)(=O)[O-])[C@@H](OS(=O)[O-])[C@H](OS(=O)[O-])[C@H]1OS(=O)(=O)[O-])OS(=O)[O-].[K+].[K+].[K+].[K+].[K+].[K+].[K+].[K+].[K+].[K+].[OH-].[OH-].[OH-]. The molecule has 46 nitrogen and oxygen atoms in total. The Hall–Kier alpha value is 15.3. The summed E-state index contributed by atoms with van der Waals surface area (Å²) in [6.07, 6.45) is -40.6. The molecule has 0 spiro atoms. The second-order valence-corrected chi connectivity index (χ2v) is 21.8. The molecule has 2 saturated heterocycles. The van der Waals surface area contributed by atoms with Crippen molar-refractivity contribution in [3.05, 3.63) is 0 Å². The van der Waals surface area contributed by atoms with E-state index < -0.39 is 219 Å². The van der Waals surface area contributed by atoms with Crippen molar-refractivity contribution in [1.82, 2.24) is 0 Å². The van der Waals surface area contributed by atoms with E-state index in [4.69, 9.17) is 28.4 Å². The van der Waals surface area contributed by atoms with Crippen LogP contribution >= 0.6 is 0 Å². The fourth-order valence-corrected chi connectivity index (χ4v) is 10.2. The Morgan fingerprint density at radius 1 is 0.395 bits per heavy atom. The molecule has 66 heteroatoms. The predicted molar refractivity (Wildman–Crippen MR) is 202 cm³/mol. The third kappa shape index (κ3) is 56.5. The van der Waals surface area contributed by atoms with Crippen molar-refractivity contribution in [2.45, 2.75) is 85.8 Å². The molecule has 0 amide bonds. The van der Waals surface area contributed by atoms with E-state index in [2.05, 4.69) is 41.8 Å². The summed E-state index contributed by atoms with van der Waals surface area (Å²) in [7, 11) is -42.3. The molecule has 0 aromatic rings. The van der Waals surface area contributed by atoms with Crippen LogP contribution in [-0.2, 0) is 177 Å². The van der Waals surface area contributed by atoms with Crippen molar-refractivity contribution in [2.75, 3.05) is 40.6 Å². The van der Waals surface area contributed by atoms with Crippen LogP contribution in [0.1, 0.15) is 0 Å². The molecule has 0 radical (unpaired) electrons. The molecule has 3 N–H and O–H groups in total. The van der Waals surface area contributed by atoms with E-state index in [9.17, 15) is 117 Å². The Morgan fingerprint density at radius 3 is 0.988 bits per heavy atom. The van der Waals surface area contributed by atoms with Gasteiger partial charge in [-0.2, -0.15) is 0 Å². The van der Waals surface area contributed by atoms with Gasteiger partial charge in [0.25, 0.3) is 0 Å². The zero-order chi connectivity index (χ0) is 56.5. The molecule has 2 aliphatic rings. The maximum absolute atomic E-state index is 12.0. The second-order valence-electron chi connectivity index (χ2n) is 12.8. The summed E-state index contributed by atoms with van der Waals surface area (Å²) in [6, 6.07) is 0. The first-order valence-electron chi connectivity index (χ1n) is 17.2. The molecule has 86 heavy (non-hydrogen) atoms. The minimum atomic E-state index is -6.42. The van der Waals surface area contributed by atoms with E-state index in [1.165, 1.54) is 0 Å². The maximum Gasteiger partial charge on any atom is 1.00 e. The van der Waals surface area contributed by atoms with Gasteiger partial charge in [-0.15, -0.1) is 0 Å². The third-order valence-electron chi connectivity index (χ3n) is 8.13. The topological polar surface area (TPSA) is 758 Å². The van der Waals surface area contributed by atoms with Crippen LogP contribution in [0.25, 0.3) is 0 Å². The van der Waals surface area contributed by atoms with Crippen LogP contribution in [0.4, 0.5) is 0 Å². The molecule has 460 valence electrons. The zero-order valence-electron chi connectivity index (χ0n) is 45.9. The number of ether oxygens (including phenoxy) is 6. The van der Waals surface area contributed by atoms with Gasteiger partial charge in [0.1, 0.15) is 61.0 Å². The largest absolute Gasteiger partial charge is 1.00 e.